The largest absolute Gasteiger partial charge is 0.396 e. The fraction of sp³-hybridized carbons (Fsp3) is 0.889. The van der Waals surface area contributed by atoms with Gasteiger partial charge in [0.1, 0.15) is 0 Å². The highest BCUT2D eigenvalue weighted by Crippen LogP contribution is 2.54. The van der Waals surface area contributed by atoms with E-state index in [4.69, 9.17) is 5.11 Å². The molecule has 0 aromatic rings. The number of carbonyl (C=O) groups excluding carboxylic acids is 1. The molecule has 1 unspecified atom stereocenters. The van der Waals surface area contributed by atoms with Crippen LogP contribution in [-0.2, 0) is 4.79 Å². The Hall–Kier alpha value is -0.570. The van der Waals surface area contributed by atoms with Crippen LogP contribution in [0.5, 0.6) is 0 Å². The lowest BCUT2D eigenvalue weighted by molar-refractivity contribution is -0.124. The van der Waals surface area contributed by atoms with Crippen LogP contribution in [-0.4, -0.2) is 24.2 Å². The Kier molecular flexibility index (Phi) is 1.83. The minimum atomic E-state index is 0.137. The quantitative estimate of drug-likeness (QED) is 0.624. The topological polar surface area (TPSA) is 49.3 Å². The first-order chi connectivity index (χ1) is 5.77. The third kappa shape index (κ3) is 1.22. The number of nitrogens with one attached hydrogen (secondary N) is 1. The van der Waals surface area contributed by atoms with Crippen molar-refractivity contribution in [2.75, 3.05) is 13.2 Å². The molecule has 0 aromatic carbocycles. The molecule has 68 valence electrons. The molecule has 2 N–H and O–H groups in total. The third-order valence-electron chi connectivity index (χ3n) is 3.32. The predicted octanol–water partition coefficient (Wildman–Crippen LogP) is 0.285. The molecule has 1 aliphatic carbocycles. The molecule has 1 atom stereocenters. The minimum Gasteiger partial charge on any atom is -0.396 e. The third-order valence-corrected chi connectivity index (χ3v) is 3.32. The van der Waals surface area contributed by atoms with Crippen molar-refractivity contribution in [2.45, 2.75) is 25.7 Å². The van der Waals surface area contributed by atoms with E-state index in [0.29, 0.717) is 12.3 Å². The number of hydrogen-bond acceptors (Lipinski definition) is 2. The summed E-state index contributed by atoms with van der Waals surface area (Å²) in [4.78, 5) is 11.1. The van der Waals surface area contributed by atoms with Gasteiger partial charge in [-0.3, -0.25) is 4.79 Å². The Balaban J connectivity index is 1.99. The molecule has 2 fully saturated rings. The lowest BCUT2D eigenvalue weighted by atomic mass is 9.82. The molecule has 1 saturated heterocycles. The maximum absolute atomic E-state index is 11.1. The lowest BCUT2D eigenvalue weighted by Gasteiger charge is -2.28. The molecule has 2 aliphatic rings. The summed E-state index contributed by atoms with van der Waals surface area (Å²) in [7, 11) is 0. The molecule has 3 nitrogen and oxygen atoms in total. The van der Waals surface area contributed by atoms with Crippen molar-refractivity contribution in [1.29, 1.82) is 0 Å². The van der Waals surface area contributed by atoms with E-state index in [0.717, 1.165) is 25.8 Å². The van der Waals surface area contributed by atoms with E-state index in [1.165, 1.54) is 0 Å². The number of hydrogen-bond donors (Lipinski definition) is 2. The second kappa shape index (κ2) is 2.73. The summed E-state index contributed by atoms with van der Waals surface area (Å²) in [5, 5.41) is 12.0. The predicted molar refractivity (Wildman–Crippen MR) is 44.5 cm³/mol. The molecule has 1 heterocycles. The number of aliphatic hydroxyl groups excluding tert-OH is 1. The monoisotopic (exact) mass is 169 g/mol. The molecule has 0 spiro atoms. The number of aliphatic hydroxyl groups is 1. The highest BCUT2D eigenvalue weighted by Gasteiger charge is 2.49. The number of rotatable bonds is 2. The van der Waals surface area contributed by atoms with E-state index in [1.807, 2.05) is 0 Å². The summed E-state index contributed by atoms with van der Waals surface area (Å²) in [5.41, 5.74) is 0.137. The first kappa shape index (κ1) is 8.05. The zero-order valence-electron chi connectivity index (χ0n) is 7.18. The fourth-order valence-corrected chi connectivity index (χ4v) is 2.16. The Morgan fingerprint density at radius 1 is 1.58 bits per heavy atom. The van der Waals surface area contributed by atoms with Crippen LogP contribution >= 0.6 is 0 Å². The van der Waals surface area contributed by atoms with Gasteiger partial charge in [0.05, 0.1) is 0 Å². The molecule has 0 aromatic heterocycles. The molecular weight excluding hydrogens is 154 g/mol. The molecular formula is C9H15NO2. The van der Waals surface area contributed by atoms with Crippen LogP contribution in [0.25, 0.3) is 0 Å². The molecule has 1 amide bonds. The number of amides is 1. The summed E-state index contributed by atoms with van der Waals surface area (Å²) >= 11 is 0. The molecule has 2 rings (SSSR count). The fourth-order valence-electron chi connectivity index (χ4n) is 2.16. The van der Waals surface area contributed by atoms with Gasteiger partial charge < -0.3 is 10.4 Å². The average Bonchev–Trinajstić information content (AvgIpc) is 2.84. The molecule has 3 heteroatoms. The Morgan fingerprint density at radius 2 is 2.33 bits per heavy atom. The summed E-state index contributed by atoms with van der Waals surface area (Å²) in [6.07, 6.45) is 3.90. The molecule has 0 bridgehead atoms. The standard InChI is InChI=1S/C9H15NO2/c11-6-9(2-3-9)7-1-4-10-8(12)5-7/h7,11H,1-6H2,(H,10,12). The maximum atomic E-state index is 11.1. The van der Waals surface area contributed by atoms with Crippen LogP contribution in [0.15, 0.2) is 0 Å². The van der Waals surface area contributed by atoms with Crippen LogP contribution in [0.3, 0.4) is 0 Å². The van der Waals surface area contributed by atoms with E-state index in [9.17, 15) is 4.79 Å². The van der Waals surface area contributed by atoms with Crippen molar-refractivity contribution in [3.8, 4) is 0 Å². The lowest BCUT2D eigenvalue weighted by Crippen LogP contribution is -2.38. The number of carbonyl (C=O) groups is 1. The van der Waals surface area contributed by atoms with E-state index in [1.54, 1.807) is 0 Å². The number of piperidine rings is 1. The Bertz CT molecular complexity index is 199. The zero-order valence-corrected chi connectivity index (χ0v) is 7.18. The second-order valence-electron chi connectivity index (χ2n) is 4.06. The van der Waals surface area contributed by atoms with Crippen LogP contribution < -0.4 is 5.32 Å². The minimum absolute atomic E-state index is 0.137. The summed E-state index contributed by atoms with van der Waals surface area (Å²) in [5.74, 6) is 0.599. The zero-order chi connectivity index (χ0) is 8.60. The smallest absolute Gasteiger partial charge is 0.220 e. The van der Waals surface area contributed by atoms with Crippen molar-refractivity contribution in [3.05, 3.63) is 0 Å². The van der Waals surface area contributed by atoms with Crippen LogP contribution in [0.1, 0.15) is 25.7 Å². The van der Waals surface area contributed by atoms with Gasteiger partial charge in [-0.15, -0.1) is 0 Å². The first-order valence-electron chi connectivity index (χ1n) is 4.64. The van der Waals surface area contributed by atoms with Crippen LogP contribution in [0.2, 0.25) is 0 Å². The van der Waals surface area contributed by atoms with Gasteiger partial charge in [-0.25, -0.2) is 0 Å². The van der Waals surface area contributed by atoms with Crippen molar-refractivity contribution in [1.82, 2.24) is 5.32 Å². The molecule has 0 radical (unpaired) electrons. The van der Waals surface area contributed by atoms with E-state index < -0.39 is 0 Å². The summed E-state index contributed by atoms with van der Waals surface area (Å²) < 4.78 is 0. The van der Waals surface area contributed by atoms with Gasteiger partial charge in [0.2, 0.25) is 5.91 Å². The summed E-state index contributed by atoms with van der Waals surface area (Å²) in [6.45, 7) is 1.07. The van der Waals surface area contributed by atoms with Crippen molar-refractivity contribution >= 4 is 5.91 Å². The normalized spacial score (nSPS) is 32.8. The summed E-state index contributed by atoms with van der Waals surface area (Å²) in [6, 6.07) is 0. The van der Waals surface area contributed by atoms with Gasteiger partial charge >= 0.3 is 0 Å². The van der Waals surface area contributed by atoms with Crippen LogP contribution in [0, 0.1) is 11.3 Å². The second-order valence-corrected chi connectivity index (χ2v) is 4.06. The SMILES string of the molecule is O=C1CC(C2(CO)CC2)CCN1. The van der Waals surface area contributed by atoms with Crippen molar-refractivity contribution in [2.24, 2.45) is 11.3 Å². The molecule has 1 aliphatic heterocycles. The van der Waals surface area contributed by atoms with E-state index in [-0.39, 0.29) is 17.9 Å². The van der Waals surface area contributed by atoms with Gasteiger partial charge in [0, 0.05) is 19.6 Å². The van der Waals surface area contributed by atoms with Crippen LogP contribution in [0.4, 0.5) is 0 Å². The molecule has 12 heavy (non-hydrogen) atoms. The maximum Gasteiger partial charge on any atom is 0.220 e. The van der Waals surface area contributed by atoms with Gasteiger partial charge in [0.15, 0.2) is 0 Å². The average molecular weight is 169 g/mol. The highest BCUT2D eigenvalue weighted by atomic mass is 16.3. The van der Waals surface area contributed by atoms with Gasteiger partial charge in [-0.2, -0.15) is 0 Å². The molecule has 1 saturated carbocycles. The van der Waals surface area contributed by atoms with Gasteiger partial charge in [0.25, 0.3) is 0 Å². The Morgan fingerprint density at radius 3 is 2.83 bits per heavy atom. The van der Waals surface area contributed by atoms with E-state index in [2.05, 4.69) is 5.32 Å². The Labute approximate surface area is 72.2 Å². The van der Waals surface area contributed by atoms with Gasteiger partial charge in [-0.1, -0.05) is 0 Å². The highest BCUT2D eigenvalue weighted by molar-refractivity contribution is 5.77. The van der Waals surface area contributed by atoms with Crippen molar-refractivity contribution in [3.63, 3.8) is 0 Å². The van der Waals surface area contributed by atoms with E-state index >= 15 is 0 Å². The van der Waals surface area contributed by atoms with Gasteiger partial charge in [-0.05, 0) is 30.6 Å². The first-order valence-corrected chi connectivity index (χ1v) is 4.64. The van der Waals surface area contributed by atoms with Crippen molar-refractivity contribution < 1.29 is 9.90 Å².